The summed E-state index contributed by atoms with van der Waals surface area (Å²) in [5, 5.41) is 12.1. The van der Waals surface area contributed by atoms with Gasteiger partial charge in [0.05, 0.1) is 18.2 Å². The smallest absolute Gasteiger partial charge is 0.319 e. The molecule has 3 rings (SSSR count). The highest BCUT2D eigenvalue weighted by molar-refractivity contribution is 6.07. The molecule has 1 N–H and O–H groups in total. The van der Waals surface area contributed by atoms with Crippen LogP contribution in [0.1, 0.15) is 36.5 Å². The van der Waals surface area contributed by atoms with Gasteiger partial charge in [0, 0.05) is 0 Å². The second-order valence-electron chi connectivity index (χ2n) is 6.11. The zero-order valence-electron chi connectivity index (χ0n) is 14.0. The van der Waals surface area contributed by atoms with Crippen LogP contribution in [0.3, 0.4) is 0 Å². The van der Waals surface area contributed by atoms with E-state index in [0.717, 1.165) is 12.0 Å². The van der Waals surface area contributed by atoms with Crippen molar-refractivity contribution in [2.75, 3.05) is 0 Å². The van der Waals surface area contributed by atoms with Crippen molar-refractivity contribution in [3.63, 3.8) is 0 Å². The van der Waals surface area contributed by atoms with Gasteiger partial charge in [-0.3, -0.25) is 9.69 Å². The van der Waals surface area contributed by atoms with Crippen molar-refractivity contribution < 1.29 is 9.59 Å². The van der Waals surface area contributed by atoms with E-state index in [0.29, 0.717) is 17.5 Å². The number of hydrogen-bond acceptors (Lipinski definition) is 3. The second-order valence-corrected chi connectivity index (χ2v) is 6.11. The number of amides is 3. The Kier molecular flexibility index (Phi) is 4.53. The Hall–Kier alpha value is -3.13. The quantitative estimate of drug-likeness (QED) is 0.853. The fourth-order valence-electron chi connectivity index (χ4n) is 3.31. The molecule has 5 heteroatoms. The topological polar surface area (TPSA) is 73.2 Å². The molecule has 0 aliphatic carbocycles. The van der Waals surface area contributed by atoms with Crippen molar-refractivity contribution >= 4 is 11.9 Å². The zero-order chi connectivity index (χ0) is 17.9. The minimum atomic E-state index is -1.03. The largest absolute Gasteiger partial charge is 0.325 e. The second kappa shape index (κ2) is 6.78. The Bertz CT molecular complexity index is 842. The summed E-state index contributed by atoms with van der Waals surface area (Å²) in [6.07, 6.45) is 1.28. The highest BCUT2D eigenvalue weighted by atomic mass is 16.2. The molecule has 0 aromatic heterocycles. The van der Waals surface area contributed by atoms with Gasteiger partial charge in [-0.05, 0) is 23.6 Å². The molecule has 1 fully saturated rings. The lowest BCUT2D eigenvalue weighted by atomic mass is 9.85. The fraction of sp³-hybridized carbons (Fsp3) is 0.250. The van der Waals surface area contributed by atoms with Crippen molar-refractivity contribution in [3.05, 3.63) is 71.3 Å². The summed E-state index contributed by atoms with van der Waals surface area (Å²) in [5.41, 5.74) is 0.880. The van der Waals surface area contributed by atoms with E-state index in [4.69, 9.17) is 0 Å². The number of nitriles is 1. The summed E-state index contributed by atoms with van der Waals surface area (Å²) in [4.78, 5) is 27.0. The third-order valence-corrected chi connectivity index (χ3v) is 4.53. The number of carbonyl (C=O) groups is 2. The first-order valence-corrected chi connectivity index (χ1v) is 8.30. The Morgan fingerprint density at radius 2 is 1.76 bits per heavy atom. The van der Waals surface area contributed by atoms with Crippen molar-refractivity contribution in [3.8, 4) is 6.07 Å². The number of imide groups is 1. The van der Waals surface area contributed by atoms with E-state index in [1.165, 1.54) is 4.90 Å². The van der Waals surface area contributed by atoms with Crippen LogP contribution in [-0.2, 0) is 16.9 Å². The number of nitrogens with zero attached hydrogens (tertiary/aromatic N) is 2. The van der Waals surface area contributed by atoms with Crippen LogP contribution in [0.2, 0.25) is 0 Å². The highest BCUT2D eigenvalue weighted by Gasteiger charge is 2.51. The average Bonchev–Trinajstić information content (AvgIpc) is 2.88. The van der Waals surface area contributed by atoms with E-state index in [-0.39, 0.29) is 12.5 Å². The predicted molar refractivity (Wildman–Crippen MR) is 93.3 cm³/mol. The first kappa shape index (κ1) is 16.7. The number of hydrogen-bond donors (Lipinski definition) is 1. The SMILES string of the molecule is CCC[C@@]1(c2ccccc2)NC(=O)N(Cc2ccccc2C#N)C1=O. The van der Waals surface area contributed by atoms with Crippen LogP contribution in [0.5, 0.6) is 0 Å². The molecule has 1 aliphatic rings. The van der Waals surface area contributed by atoms with Gasteiger partial charge in [-0.15, -0.1) is 0 Å². The van der Waals surface area contributed by atoms with Crippen molar-refractivity contribution in [2.45, 2.75) is 31.8 Å². The maximum absolute atomic E-state index is 13.2. The fourth-order valence-corrected chi connectivity index (χ4v) is 3.31. The summed E-state index contributed by atoms with van der Waals surface area (Å²) in [6, 6.07) is 18.0. The van der Waals surface area contributed by atoms with Crippen LogP contribution in [0.4, 0.5) is 4.79 Å². The van der Waals surface area contributed by atoms with Gasteiger partial charge in [0.1, 0.15) is 5.54 Å². The number of carbonyl (C=O) groups excluding carboxylic acids is 2. The molecule has 25 heavy (non-hydrogen) atoms. The van der Waals surface area contributed by atoms with Gasteiger partial charge in [0.2, 0.25) is 0 Å². The van der Waals surface area contributed by atoms with Gasteiger partial charge in [-0.25, -0.2) is 4.79 Å². The summed E-state index contributed by atoms with van der Waals surface area (Å²) in [5.74, 6) is -0.265. The Morgan fingerprint density at radius 1 is 1.08 bits per heavy atom. The van der Waals surface area contributed by atoms with E-state index < -0.39 is 11.6 Å². The summed E-state index contributed by atoms with van der Waals surface area (Å²) in [7, 11) is 0. The lowest BCUT2D eigenvalue weighted by Gasteiger charge is -2.27. The molecular formula is C20H19N3O2. The van der Waals surface area contributed by atoms with Gasteiger partial charge in [-0.2, -0.15) is 5.26 Å². The molecule has 2 aromatic carbocycles. The molecule has 0 saturated carbocycles. The van der Waals surface area contributed by atoms with Crippen LogP contribution in [0.15, 0.2) is 54.6 Å². The molecule has 126 valence electrons. The van der Waals surface area contributed by atoms with Gasteiger partial charge >= 0.3 is 6.03 Å². The molecule has 0 radical (unpaired) electrons. The number of rotatable bonds is 5. The molecule has 3 amide bonds. The van der Waals surface area contributed by atoms with Crippen molar-refractivity contribution in [1.82, 2.24) is 10.2 Å². The van der Waals surface area contributed by atoms with Crippen molar-refractivity contribution in [1.29, 1.82) is 5.26 Å². The molecule has 5 nitrogen and oxygen atoms in total. The Morgan fingerprint density at radius 3 is 2.44 bits per heavy atom. The minimum absolute atomic E-state index is 0.0900. The van der Waals surface area contributed by atoms with Crippen LogP contribution in [0.25, 0.3) is 0 Å². The Balaban J connectivity index is 1.97. The lowest BCUT2D eigenvalue weighted by Crippen LogP contribution is -2.43. The lowest BCUT2D eigenvalue weighted by molar-refractivity contribution is -0.132. The molecule has 1 saturated heterocycles. The van der Waals surface area contributed by atoms with Gasteiger partial charge in [0.25, 0.3) is 5.91 Å². The third-order valence-electron chi connectivity index (χ3n) is 4.53. The molecular weight excluding hydrogens is 314 g/mol. The zero-order valence-corrected chi connectivity index (χ0v) is 14.0. The first-order valence-electron chi connectivity index (χ1n) is 8.30. The third kappa shape index (κ3) is 2.87. The number of urea groups is 1. The molecule has 2 aromatic rings. The molecule has 1 aliphatic heterocycles. The average molecular weight is 333 g/mol. The molecule has 1 atom stereocenters. The normalized spacial score (nSPS) is 19.6. The maximum Gasteiger partial charge on any atom is 0.325 e. The van der Waals surface area contributed by atoms with Crippen LogP contribution >= 0.6 is 0 Å². The summed E-state index contributed by atoms with van der Waals surface area (Å²) >= 11 is 0. The number of nitrogens with one attached hydrogen (secondary N) is 1. The van der Waals surface area contributed by atoms with Gasteiger partial charge in [-0.1, -0.05) is 61.9 Å². The van der Waals surface area contributed by atoms with Gasteiger partial charge < -0.3 is 5.32 Å². The predicted octanol–water partition coefficient (Wildman–Crippen LogP) is 3.31. The standard InChI is InChI=1S/C20H19N3O2/c1-2-12-20(17-10-4-3-5-11-17)18(24)23(19(25)22-20)14-16-9-7-6-8-15(16)13-21/h3-11H,2,12,14H2,1H3,(H,22,25)/t20-/m0/s1. The van der Waals surface area contributed by atoms with Crippen molar-refractivity contribution in [2.24, 2.45) is 0 Å². The van der Waals surface area contributed by atoms with E-state index in [9.17, 15) is 14.9 Å². The number of benzene rings is 2. The van der Waals surface area contributed by atoms with E-state index in [2.05, 4.69) is 11.4 Å². The van der Waals surface area contributed by atoms with Crippen LogP contribution in [0, 0.1) is 11.3 Å². The van der Waals surface area contributed by atoms with Crippen LogP contribution < -0.4 is 5.32 Å². The monoisotopic (exact) mass is 333 g/mol. The van der Waals surface area contributed by atoms with E-state index >= 15 is 0 Å². The maximum atomic E-state index is 13.2. The van der Waals surface area contributed by atoms with E-state index in [1.807, 2.05) is 37.3 Å². The van der Waals surface area contributed by atoms with E-state index in [1.54, 1.807) is 24.3 Å². The molecule has 1 heterocycles. The molecule has 0 spiro atoms. The molecule has 0 unspecified atom stereocenters. The summed E-state index contributed by atoms with van der Waals surface area (Å²) < 4.78 is 0. The minimum Gasteiger partial charge on any atom is -0.319 e. The highest BCUT2D eigenvalue weighted by Crippen LogP contribution is 2.34. The Labute approximate surface area is 146 Å². The first-order chi connectivity index (χ1) is 12.1. The van der Waals surface area contributed by atoms with Crippen LogP contribution in [-0.4, -0.2) is 16.8 Å². The van der Waals surface area contributed by atoms with Gasteiger partial charge in [0.15, 0.2) is 0 Å². The summed E-state index contributed by atoms with van der Waals surface area (Å²) in [6.45, 7) is 2.07. The molecule has 0 bridgehead atoms.